The van der Waals surface area contributed by atoms with Crippen molar-refractivity contribution in [3.05, 3.63) is 71.4 Å². The van der Waals surface area contributed by atoms with E-state index in [1.807, 2.05) is 49.4 Å². The molecule has 3 N–H and O–H groups in total. The summed E-state index contributed by atoms with van der Waals surface area (Å²) in [6.07, 6.45) is -1.28. The van der Waals surface area contributed by atoms with Crippen LogP contribution in [0.4, 0.5) is 9.59 Å². The zero-order chi connectivity index (χ0) is 20.5. The highest BCUT2D eigenvalue weighted by molar-refractivity contribution is 5.95. The largest absolute Gasteiger partial charge is 0.465 e. The van der Waals surface area contributed by atoms with E-state index in [0.29, 0.717) is 12.1 Å². The van der Waals surface area contributed by atoms with Gasteiger partial charge >= 0.3 is 12.1 Å². The Labute approximate surface area is 168 Å². The van der Waals surface area contributed by atoms with E-state index in [2.05, 4.69) is 5.32 Å². The maximum Gasteiger partial charge on any atom is 0.407 e. The number of aromatic nitrogens is 1. The molecule has 1 aromatic heterocycles. The molecule has 0 saturated carbocycles. The average molecular weight is 393 g/mol. The van der Waals surface area contributed by atoms with Gasteiger partial charge in [-0.15, -0.1) is 0 Å². The molecule has 2 atom stereocenters. The van der Waals surface area contributed by atoms with Crippen molar-refractivity contribution in [2.45, 2.75) is 32.0 Å². The van der Waals surface area contributed by atoms with Crippen LogP contribution in [0.1, 0.15) is 29.8 Å². The second-order valence-corrected chi connectivity index (χ2v) is 7.35. The second kappa shape index (κ2) is 7.60. The van der Waals surface area contributed by atoms with E-state index in [9.17, 15) is 19.8 Å². The van der Waals surface area contributed by atoms with Crippen LogP contribution in [0.25, 0.3) is 10.9 Å². The van der Waals surface area contributed by atoms with E-state index in [-0.39, 0.29) is 25.2 Å². The minimum atomic E-state index is -1.00. The first-order valence-electron chi connectivity index (χ1n) is 9.59. The Morgan fingerprint density at radius 1 is 1.14 bits per heavy atom. The van der Waals surface area contributed by atoms with E-state index < -0.39 is 12.2 Å². The molecule has 0 aliphatic carbocycles. The molecule has 150 valence electrons. The molecular formula is C22H23N3O4. The number of carboxylic acid groups (broad SMARTS) is 1. The summed E-state index contributed by atoms with van der Waals surface area (Å²) in [4.78, 5) is 26.0. The van der Waals surface area contributed by atoms with Gasteiger partial charge < -0.3 is 15.5 Å². The van der Waals surface area contributed by atoms with Gasteiger partial charge in [-0.3, -0.25) is 9.47 Å². The molecule has 0 radical (unpaired) electrons. The Kier molecular flexibility index (Phi) is 4.98. The van der Waals surface area contributed by atoms with Crippen molar-refractivity contribution in [2.24, 2.45) is 0 Å². The van der Waals surface area contributed by atoms with E-state index in [1.165, 1.54) is 4.90 Å². The van der Waals surface area contributed by atoms with E-state index >= 15 is 0 Å². The lowest BCUT2D eigenvalue weighted by Crippen LogP contribution is -2.43. The Balaban J connectivity index is 1.66. The number of rotatable bonds is 3. The van der Waals surface area contributed by atoms with Crippen molar-refractivity contribution in [1.29, 1.82) is 0 Å². The van der Waals surface area contributed by atoms with Crippen molar-refractivity contribution < 1.29 is 19.8 Å². The summed E-state index contributed by atoms with van der Waals surface area (Å²) < 4.78 is 1.55. The highest BCUT2D eigenvalue weighted by atomic mass is 16.4. The topological polar surface area (TPSA) is 94.8 Å². The van der Waals surface area contributed by atoms with Crippen LogP contribution in [-0.2, 0) is 13.0 Å². The van der Waals surface area contributed by atoms with Crippen LogP contribution in [0, 0.1) is 0 Å². The van der Waals surface area contributed by atoms with E-state index in [1.54, 1.807) is 16.7 Å². The number of nitrogens with zero attached hydrogens (tertiary/aromatic N) is 2. The third-order valence-electron chi connectivity index (χ3n) is 5.52. The number of benzene rings is 2. The predicted molar refractivity (Wildman–Crippen MR) is 109 cm³/mol. The van der Waals surface area contributed by atoms with Crippen LogP contribution >= 0.6 is 0 Å². The highest BCUT2D eigenvalue weighted by Crippen LogP contribution is 2.33. The highest BCUT2D eigenvalue weighted by Gasteiger charge is 2.32. The third-order valence-corrected chi connectivity index (χ3v) is 5.52. The summed E-state index contributed by atoms with van der Waals surface area (Å²) in [6.45, 7) is 2.08. The number of hydrogen-bond donors (Lipinski definition) is 3. The molecule has 0 bridgehead atoms. The minimum Gasteiger partial charge on any atom is -0.465 e. The maximum absolute atomic E-state index is 13.1. The molecule has 29 heavy (non-hydrogen) atoms. The lowest BCUT2D eigenvalue weighted by Gasteiger charge is -2.32. The molecule has 0 spiro atoms. The Hall–Kier alpha value is -3.32. The summed E-state index contributed by atoms with van der Waals surface area (Å²) in [6, 6.07) is 16.2. The number of para-hydroxylation sites is 1. The van der Waals surface area contributed by atoms with E-state index in [0.717, 1.165) is 22.0 Å². The number of fused-ring (bicyclic) bond motifs is 3. The molecule has 7 heteroatoms. The third kappa shape index (κ3) is 3.45. The molecule has 2 heterocycles. The number of nitrogens with one attached hydrogen (secondary N) is 1. The molecule has 0 fully saturated rings. The van der Waals surface area contributed by atoms with Crippen molar-refractivity contribution in [1.82, 2.24) is 14.8 Å². The van der Waals surface area contributed by atoms with Crippen molar-refractivity contribution in [2.75, 3.05) is 6.54 Å². The number of amides is 2. The summed E-state index contributed by atoms with van der Waals surface area (Å²) >= 11 is 0. The summed E-state index contributed by atoms with van der Waals surface area (Å²) in [5.41, 5.74) is 3.14. The van der Waals surface area contributed by atoms with Crippen LogP contribution in [0.5, 0.6) is 0 Å². The normalized spacial score (nSPS) is 17.0. The Morgan fingerprint density at radius 2 is 1.83 bits per heavy atom. The number of carbonyl (C=O) groups excluding carboxylic acids is 1. The summed E-state index contributed by atoms with van der Waals surface area (Å²) in [7, 11) is 0. The lowest BCUT2D eigenvalue weighted by atomic mass is 9.98. The standard InChI is InChI=1S/C22H23N3O4/c1-14-11-17-16-9-5-6-10-18(16)25(19(17)13-24(14)22(28)29)21(27)23-12-20(26)15-7-3-2-4-8-15/h2-10,14,20,26H,11-13H2,1H3,(H,23,27)(H,28,29). The fourth-order valence-electron chi connectivity index (χ4n) is 4.02. The van der Waals surface area contributed by atoms with Gasteiger partial charge in [0.15, 0.2) is 0 Å². The van der Waals surface area contributed by atoms with Crippen LogP contribution in [-0.4, -0.2) is 44.4 Å². The first-order valence-corrected chi connectivity index (χ1v) is 9.59. The smallest absolute Gasteiger partial charge is 0.407 e. The first-order chi connectivity index (χ1) is 14.0. The van der Waals surface area contributed by atoms with Gasteiger partial charge in [0, 0.05) is 18.0 Å². The average Bonchev–Trinajstić information content (AvgIpc) is 3.05. The molecule has 0 saturated heterocycles. The zero-order valence-electron chi connectivity index (χ0n) is 16.1. The molecular weight excluding hydrogens is 370 g/mol. The molecule has 2 unspecified atom stereocenters. The fourth-order valence-corrected chi connectivity index (χ4v) is 4.02. The molecule has 1 aliphatic heterocycles. The van der Waals surface area contributed by atoms with Gasteiger partial charge in [-0.05, 0) is 30.5 Å². The molecule has 3 aromatic rings. The molecule has 2 amide bonds. The van der Waals surface area contributed by atoms with Crippen molar-refractivity contribution in [3.8, 4) is 0 Å². The predicted octanol–water partition coefficient (Wildman–Crippen LogP) is 3.36. The number of carbonyl (C=O) groups is 2. The van der Waals surface area contributed by atoms with Gasteiger partial charge in [-0.2, -0.15) is 0 Å². The van der Waals surface area contributed by atoms with Crippen molar-refractivity contribution in [3.63, 3.8) is 0 Å². The lowest BCUT2D eigenvalue weighted by molar-refractivity contribution is 0.118. The Bertz CT molecular complexity index is 1060. The van der Waals surface area contributed by atoms with E-state index in [4.69, 9.17) is 0 Å². The summed E-state index contributed by atoms with van der Waals surface area (Å²) in [5.74, 6) is 0. The minimum absolute atomic E-state index is 0.0587. The number of hydrogen-bond acceptors (Lipinski definition) is 3. The number of aliphatic hydroxyl groups is 1. The van der Waals surface area contributed by atoms with Gasteiger partial charge in [0.1, 0.15) is 0 Å². The molecule has 7 nitrogen and oxygen atoms in total. The monoisotopic (exact) mass is 393 g/mol. The zero-order valence-corrected chi connectivity index (χ0v) is 16.1. The van der Waals surface area contributed by atoms with Gasteiger partial charge in [0.25, 0.3) is 0 Å². The van der Waals surface area contributed by atoms with Gasteiger partial charge in [0.2, 0.25) is 0 Å². The quantitative estimate of drug-likeness (QED) is 0.636. The SMILES string of the molecule is CC1Cc2c(n(C(=O)NCC(O)c3ccccc3)c3ccccc23)CN1C(=O)O. The van der Waals surface area contributed by atoms with Crippen LogP contribution < -0.4 is 5.32 Å². The summed E-state index contributed by atoms with van der Waals surface area (Å²) in [5, 5.41) is 23.6. The van der Waals surface area contributed by atoms with Crippen LogP contribution in [0.3, 0.4) is 0 Å². The molecule has 4 rings (SSSR count). The van der Waals surface area contributed by atoms with Gasteiger partial charge in [-0.1, -0.05) is 48.5 Å². The second-order valence-electron chi connectivity index (χ2n) is 7.35. The molecule has 2 aromatic carbocycles. The fraction of sp³-hybridized carbons (Fsp3) is 0.273. The Morgan fingerprint density at radius 3 is 2.55 bits per heavy atom. The van der Waals surface area contributed by atoms with Gasteiger partial charge in [-0.25, -0.2) is 9.59 Å². The van der Waals surface area contributed by atoms with Crippen LogP contribution in [0.15, 0.2) is 54.6 Å². The van der Waals surface area contributed by atoms with Crippen LogP contribution in [0.2, 0.25) is 0 Å². The first kappa shape index (κ1) is 19.0. The molecule has 1 aliphatic rings. The number of aliphatic hydroxyl groups excluding tert-OH is 1. The van der Waals surface area contributed by atoms with Crippen molar-refractivity contribution >= 4 is 23.0 Å². The van der Waals surface area contributed by atoms with Gasteiger partial charge in [0.05, 0.1) is 23.9 Å². The maximum atomic E-state index is 13.1.